The predicted molar refractivity (Wildman–Crippen MR) is 95.9 cm³/mol. The van der Waals surface area contributed by atoms with Crippen molar-refractivity contribution in [2.75, 3.05) is 6.54 Å². The van der Waals surface area contributed by atoms with Gasteiger partial charge in [0.2, 0.25) is 17.7 Å². The third-order valence-corrected chi connectivity index (χ3v) is 4.00. The van der Waals surface area contributed by atoms with Crippen LogP contribution in [-0.4, -0.2) is 75.8 Å². The molecule has 0 bridgehead atoms. The molecule has 0 spiro atoms. The summed E-state index contributed by atoms with van der Waals surface area (Å²) in [6, 6.07) is -3.97. The van der Waals surface area contributed by atoms with Crippen LogP contribution in [0.25, 0.3) is 0 Å². The molecule has 12 nitrogen and oxygen atoms in total. The Hall–Kier alpha value is -2.73. The lowest BCUT2D eigenvalue weighted by atomic mass is 9.97. The van der Waals surface area contributed by atoms with Gasteiger partial charge in [0.25, 0.3) is 0 Å². The molecule has 0 aliphatic carbocycles. The molecule has 3 amide bonds. The number of aliphatic carboxylic acids is 2. The Morgan fingerprint density at radius 2 is 1.43 bits per heavy atom. The Labute approximate surface area is 161 Å². The molecule has 0 saturated heterocycles. The van der Waals surface area contributed by atoms with E-state index in [1.54, 1.807) is 13.8 Å². The second-order valence-electron chi connectivity index (χ2n) is 6.41. The van der Waals surface area contributed by atoms with Gasteiger partial charge in [-0.3, -0.25) is 24.0 Å². The molecule has 0 aromatic carbocycles. The van der Waals surface area contributed by atoms with Crippen molar-refractivity contribution in [3.63, 3.8) is 0 Å². The van der Waals surface area contributed by atoms with Crippen LogP contribution in [0.5, 0.6) is 0 Å². The summed E-state index contributed by atoms with van der Waals surface area (Å²) in [6.07, 6.45) is -1.52. The van der Waals surface area contributed by atoms with Crippen LogP contribution in [0, 0.1) is 5.92 Å². The summed E-state index contributed by atoms with van der Waals surface area (Å²) in [7, 11) is 0. The van der Waals surface area contributed by atoms with Crippen molar-refractivity contribution in [1.82, 2.24) is 16.0 Å². The topological polar surface area (TPSA) is 208 Å². The summed E-state index contributed by atoms with van der Waals surface area (Å²) in [5.41, 5.74) is 5.49. The van der Waals surface area contributed by atoms with Crippen molar-refractivity contribution in [2.45, 2.75) is 57.8 Å². The smallest absolute Gasteiger partial charge is 0.322 e. The van der Waals surface area contributed by atoms with Crippen molar-refractivity contribution in [3.8, 4) is 0 Å². The number of carboxylic acids is 2. The molecule has 0 aromatic heterocycles. The number of carbonyl (C=O) groups is 5. The van der Waals surface area contributed by atoms with Crippen LogP contribution >= 0.6 is 0 Å². The lowest BCUT2D eigenvalue weighted by Crippen LogP contribution is -2.60. The number of carboxylic acid groups (broad SMARTS) is 2. The van der Waals surface area contributed by atoms with E-state index < -0.39 is 72.8 Å². The Morgan fingerprint density at radius 1 is 0.893 bits per heavy atom. The highest BCUT2D eigenvalue weighted by molar-refractivity contribution is 5.94. The highest BCUT2D eigenvalue weighted by Crippen LogP contribution is 2.09. The first-order chi connectivity index (χ1) is 12.9. The number of nitrogens with two attached hydrogens (primary N) is 1. The summed E-state index contributed by atoms with van der Waals surface area (Å²) in [5.74, 6) is -5.56. The van der Waals surface area contributed by atoms with Gasteiger partial charge in [0.1, 0.15) is 18.6 Å². The fourth-order valence-electron chi connectivity index (χ4n) is 2.16. The molecule has 8 N–H and O–H groups in total. The summed E-state index contributed by atoms with van der Waals surface area (Å²) >= 11 is 0. The SMILES string of the molecule is CCC(C)C(NC(=O)C(N)CC(=O)O)C(=O)NC(C(=O)NCC(=O)O)C(C)O. The van der Waals surface area contributed by atoms with Gasteiger partial charge in [-0.05, 0) is 12.8 Å². The zero-order valence-corrected chi connectivity index (χ0v) is 16.0. The normalized spacial score (nSPS) is 16.0. The van der Waals surface area contributed by atoms with Gasteiger partial charge in [-0.2, -0.15) is 0 Å². The largest absolute Gasteiger partial charge is 0.481 e. The molecule has 0 aliphatic heterocycles. The average Bonchev–Trinajstić information content (AvgIpc) is 2.59. The first-order valence-electron chi connectivity index (χ1n) is 8.66. The van der Waals surface area contributed by atoms with E-state index in [2.05, 4.69) is 10.6 Å². The van der Waals surface area contributed by atoms with Gasteiger partial charge in [0, 0.05) is 0 Å². The van der Waals surface area contributed by atoms with Crippen LogP contribution in [0.1, 0.15) is 33.6 Å². The maximum absolute atomic E-state index is 12.6. The van der Waals surface area contributed by atoms with Gasteiger partial charge in [-0.25, -0.2) is 0 Å². The third kappa shape index (κ3) is 8.77. The van der Waals surface area contributed by atoms with E-state index in [0.29, 0.717) is 6.42 Å². The summed E-state index contributed by atoms with van der Waals surface area (Å²) in [6.45, 7) is 3.92. The van der Waals surface area contributed by atoms with E-state index in [0.717, 1.165) is 0 Å². The first-order valence-corrected chi connectivity index (χ1v) is 8.66. The van der Waals surface area contributed by atoms with Crippen molar-refractivity contribution in [2.24, 2.45) is 11.7 Å². The van der Waals surface area contributed by atoms with Gasteiger partial charge >= 0.3 is 11.9 Å². The quantitative estimate of drug-likeness (QED) is 0.181. The molecule has 160 valence electrons. The van der Waals surface area contributed by atoms with Crippen molar-refractivity contribution >= 4 is 29.7 Å². The summed E-state index contributed by atoms with van der Waals surface area (Å²) in [4.78, 5) is 57.9. The van der Waals surface area contributed by atoms with E-state index >= 15 is 0 Å². The van der Waals surface area contributed by atoms with E-state index in [-0.39, 0.29) is 0 Å². The molecule has 0 radical (unpaired) electrons. The minimum Gasteiger partial charge on any atom is -0.481 e. The van der Waals surface area contributed by atoms with Gasteiger partial charge in [-0.1, -0.05) is 20.3 Å². The molecule has 0 rings (SSSR count). The summed E-state index contributed by atoms with van der Waals surface area (Å²) < 4.78 is 0. The zero-order valence-electron chi connectivity index (χ0n) is 16.0. The fourth-order valence-corrected chi connectivity index (χ4v) is 2.16. The number of carbonyl (C=O) groups excluding carboxylic acids is 3. The fraction of sp³-hybridized carbons (Fsp3) is 0.688. The molecule has 0 heterocycles. The molecular weight excluding hydrogens is 376 g/mol. The molecule has 0 aliphatic rings. The number of aliphatic hydroxyl groups is 1. The maximum atomic E-state index is 12.6. The van der Waals surface area contributed by atoms with Crippen molar-refractivity contribution in [3.05, 3.63) is 0 Å². The number of nitrogens with one attached hydrogen (secondary N) is 3. The molecule has 5 unspecified atom stereocenters. The lowest BCUT2D eigenvalue weighted by molar-refractivity contribution is -0.140. The molecular formula is C16H28N4O8. The Morgan fingerprint density at radius 3 is 1.86 bits per heavy atom. The highest BCUT2D eigenvalue weighted by Gasteiger charge is 2.33. The Balaban J connectivity index is 5.26. The first kappa shape index (κ1) is 25.3. The monoisotopic (exact) mass is 404 g/mol. The zero-order chi connectivity index (χ0) is 22.0. The van der Waals surface area contributed by atoms with Gasteiger partial charge < -0.3 is 37.0 Å². The Kier molecular flexibility index (Phi) is 10.7. The number of hydrogen-bond donors (Lipinski definition) is 7. The van der Waals surface area contributed by atoms with Crippen LogP contribution in [0.2, 0.25) is 0 Å². The van der Waals surface area contributed by atoms with Crippen molar-refractivity contribution < 1.29 is 39.3 Å². The highest BCUT2D eigenvalue weighted by atomic mass is 16.4. The molecule has 12 heteroatoms. The number of aliphatic hydroxyl groups excluding tert-OH is 1. The minimum absolute atomic E-state index is 0.405. The van der Waals surface area contributed by atoms with E-state index in [9.17, 15) is 29.1 Å². The third-order valence-electron chi connectivity index (χ3n) is 4.00. The van der Waals surface area contributed by atoms with E-state index in [1.807, 2.05) is 5.32 Å². The Bertz CT molecular complexity index is 595. The van der Waals surface area contributed by atoms with Crippen LogP contribution in [0.4, 0.5) is 0 Å². The predicted octanol–water partition coefficient (Wildman–Crippen LogP) is -2.61. The molecule has 28 heavy (non-hydrogen) atoms. The molecule has 0 aromatic rings. The number of rotatable bonds is 12. The van der Waals surface area contributed by atoms with E-state index in [1.165, 1.54) is 6.92 Å². The van der Waals surface area contributed by atoms with Gasteiger partial charge in [0.15, 0.2) is 0 Å². The van der Waals surface area contributed by atoms with E-state index in [4.69, 9.17) is 15.9 Å². The molecule has 0 saturated carbocycles. The maximum Gasteiger partial charge on any atom is 0.322 e. The second kappa shape index (κ2) is 11.9. The minimum atomic E-state index is -1.46. The second-order valence-corrected chi connectivity index (χ2v) is 6.41. The number of amides is 3. The number of hydrogen-bond acceptors (Lipinski definition) is 7. The van der Waals surface area contributed by atoms with Gasteiger partial charge in [-0.15, -0.1) is 0 Å². The van der Waals surface area contributed by atoms with Crippen LogP contribution in [-0.2, 0) is 24.0 Å². The van der Waals surface area contributed by atoms with Crippen molar-refractivity contribution in [1.29, 1.82) is 0 Å². The van der Waals surface area contributed by atoms with Crippen LogP contribution < -0.4 is 21.7 Å². The molecule has 5 atom stereocenters. The van der Waals surface area contributed by atoms with Crippen LogP contribution in [0.3, 0.4) is 0 Å². The summed E-state index contributed by atoms with van der Waals surface area (Å²) in [5, 5.41) is 33.7. The average molecular weight is 404 g/mol. The van der Waals surface area contributed by atoms with Gasteiger partial charge in [0.05, 0.1) is 18.6 Å². The molecule has 0 fully saturated rings. The lowest BCUT2D eigenvalue weighted by Gasteiger charge is -2.28. The standard InChI is InChI=1S/C16H28N4O8/c1-4-7(2)12(19-14(26)9(17)5-10(22)23)16(28)20-13(8(3)21)15(27)18-6-11(24)25/h7-9,12-13,21H,4-6,17H2,1-3H3,(H,18,27)(H,19,26)(H,20,28)(H,22,23)(H,24,25). The van der Waals surface area contributed by atoms with Crippen LogP contribution in [0.15, 0.2) is 0 Å².